The number of pyridine rings is 1. The second kappa shape index (κ2) is 5.44. The third kappa shape index (κ3) is 2.61. The van der Waals surface area contributed by atoms with Crippen LogP contribution in [-0.2, 0) is 0 Å². The summed E-state index contributed by atoms with van der Waals surface area (Å²) in [6, 6.07) is 8.30. The standard InChI is InChI=1S/C17H14N2O3/c1-10-6-11(2)16-13(20)8-15(22-14(16)7-10)17(21)19-12-4-3-5-18-9-12/h3-9H,1-2H3,(H,19,21). The molecule has 3 aromatic rings. The van der Waals surface area contributed by atoms with Gasteiger partial charge in [-0.15, -0.1) is 0 Å². The van der Waals surface area contributed by atoms with Crippen molar-refractivity contribution in [2.45, 2.75) is 13.8 Å². The Labute approximate surface area is 126 Å². The van der Waals surface area contributed by atoms with E-state index in [1.807, 2.05) is 19.9 Å². The highest BCUT2D eigenvalue weighted by Crippen LogP contribution is 2.19. The van der Waals surface area contributed by atoms with Crippen LogP contribution in [0, 0.1) is 13.8 Å². The predicted molar refractivity (Wildman–Crippen MR) is 84.1 cm³/mol. The largest absolute Gasteiger partial charge is 0.451 e. The molecule has 0 spiro atoms. The zero-order valence-corrected chi connectivity index (χ0v) is 12.2. The minimum absolute atomic E-state index is 0.0219. The van der Waals surface area contributed by atoms with Crippen LogP contribution in [0.2, 0.25) is 0 Å². The van der Waals surface area contributed by atoms with Gasteiger partial charge < -0.3 is 9.73 Å². The predicted octanol–water partition coefficient (Wildman–Crippen LogP) is 3.06. The number of aromatic nitrogens is 1. The van der Waals surface area contributed by atoms with Crippen molar-refractivity contribution in [1.29, 1.82) is 0 Å². The lowest BCUT2D eigenvalue weighted by molar-refractivity contribution is 0.0997. The molecule has 2 heterocycles. The summed E-state index contributed by atoms with van der Waals surface area (Å²) in [5.41, 5.74) is 2.54. The lowest BCUT2D eigenvalue weighted by atomic mass is 10.1. The number of nitrogens with zero attached hydrogens (tertiary/aromatic N) is 1. The minimum atomic E-state index is -0.480. The van der Waals surface area contributed by atoms with E-state index < -0.39 is 5.91 Å². The molecule has 3 rings (SSSR count). The van der Waals surface area contributed by atoms with Crippen molar-refractivity contribution < 1.29 is 9.21 Å². The maximum atomic E-state index is 12.2. The van der Waals surface area contributed by atoms with Crippen LogP contribution in [0.15, 0.2) is 51.9 Å². The molecule has 5 nitrogen and oxygen atoms in total. The first-order valence-electron chi connectivity index (χ1n) is 6.81. The zero-order valence-electron chi connectivity index (χ0n) is 12.2. The van der Waals surface area contributed by atoms with E-state index in [1.54, 1.807) is 24.4 Å². The lowest BCUT2D eigenvalue weighted by Gasteiger charge is -2.07. The third-order valence-electron chi connectivity index (χ3n) is 3.32. The summed E-state index contributed by atoms with van der Waals surface area (Å²) in [5, 5.41) is 3.15. The van der Waals surface area contributed by atoms with Crippen molar-refractivity contribution in [2.24, 2.45) is 0 Å². The molecule has 1 amide bonds. The average molecular weight is 294 g/mol. The molecule has 0 bridgehead atoms. The first kappa shape index (κ1) is 14.0. The van der Waals surface area contributed by atoms with Crippen molar-refractivity contribution >= 4 is 22.6 Å². The molecule has 1 aromatic carbocycles. The average Bonchev–Trinajstić information content (AvgIpc) is 2.47. The van der Waals surface area contributed by atoms with Crippen LogP contribution in [0.1, 0.15) is 21.7 Å². The van der Waals surface area contributed by atoms with Gasteiger partial charge >= 0.3 is 0 Å². The molecule has 22 heavy (non-hydrogen) atoms. The highest BCUT2D eigenvalue weighted by Gasteiger charge is 2.14. The van der Waals surface area contributed by atoms with Gasteiger partial charge in [-0.3, -0.25) is 14.6 Å². The van der Waals surface area contributed by atoms with Crippen molar-refractivity contribution in [3.05, 3.63) is 69.8 Å². The van der Waals surface area contributed by atoms with Gasteiger partial charge in [0, 0.05) is 12.3 Å². The molecule has 110 valence electrons. The Morgan fingerprint density at radius 2 is 2.05 bits per heavy atom. The molecule has 0 unspecified atom stereocenters. The summed E-state index contributed by atoms with van der Waals surface area (Å²) < 4.78 is 5.61. The molecule has 0 saturated heterocycles. The van der Waals surface area contributed by atoms with Crippen LogP contribution in [0.3, 0.4) is 0 Å². The number of nitrogens with one attached hydrogen (secondary N) is 1. The van der Waals surface area contributed by atoms with Gasteiger partial charge in [-0.1, -0.05) is 6.07 Å². The maximum absolute atomic E-state index is 12.2. The topological polar surface area (TPSA) is 72.2 Å². The molecule has 0 aliphatic carbocycles. The first-order chi connectivity index (χ1) is 10.5. The number of rotatable bonds is 2. The first-order valence-corrected chi connectivity index (χ1v) is 6.81. The molecule has 0 saturated carbocycles. The summed E-state index contributed by atoms with van der Waals surface area (Å²) >= 11 is 0. The SMILES string of the molecule is Cc1cc(C)c2c(=O)cc(C(=O)Nc3cccnc3)oc2c1. The van der Waals surface area contributed by atoms with Gasteiger partial charge in [-0.25, -0.2) is 0 Å². The summed E-state index contributed by atoms with van der Waals surface area (Å²) in [7, 11) is 0. The quantitative estimate of drug-likeness (QED) is 0.788. The molecule has 0 radical (unpaired) electrons. The van der Waals surface area contributed by atoms with Crippen molar-refractivity contribution in [3.8, 4) is 0 Å². The lowest BCUT2D eigenvalue weighted by Crippen LogP contribution is -2.15. The van der Waals surface area contributed by atoms with Gasteiger partial charge in [0.25, 0.3) is 5.91 Å². The van der Waals surface area contributed by atoms with E-state index in [4.69, 9.17) is 4.42 Å². The number of hydrogen-bond acceptors (Lipinski definition) is 4. The normalized spacial score (nSPS) is 10.6. The number of anilines is 1. The van der Waals surface area contributed by atoms with E-state index in [2.05, 4.69) is 10.3 Å². The molecule has 5 heteroatoms. The fraction of sp³-hybridized carbons (Fsp3) is 0.118. The van der Waals surface area contributed by atoms with Crippen molar-refractivity contribution in [1.82, 2.24) is 4.98 Å². The maximum Gasteiger partial charge on any atom is 0.291 e. The summed E-state index contributed by atoms with van der Waals surface area (Å²) in [6.07, 6.45) is 3.13. The van der Waals surface area contributed by atoms with Gasteiger partial charge in [0.1, 0.15) is 5.58 Å². The molecule has 1 N–H and O–H groups in total. The van der Waals surface area contributed by atoms with E-state index in [-0.39, 0.29) is 11.2 Å². The number of carbonyl (C=O) groups is 1. The number of fused-ring (bicyclic) bond motifs is 1. The fourth-order valence-electron chi connectivity index (χ4n) is 2.41. The molecule has 2 aromatic heterocycles. The Bertz CT molecular complexity index is 914. The molecule has 0 atom stereocenters. The second-order valence-electron chi connectivity index (χ2n) is 5.13. The monoisotopic (exact) mass is 294 g/mol. The van der Waals surface area contributed by atoms with E-state index in [1.165, 1.54) is 12.3 Å². The highest BCUT2D eigenvalue weighted by atomic mass is 16.3. The number of carbonyl (C=O) groups excluding carboxylic acids is 1. The number of hydrogen-bond donors (Lipinski definition) is 1. The Hall–Kier alpha value is -2.95. The molecule has 0 fully saturated rings. The Morgan fingerprint density at radius 1 is 1.23 bits per heavy atom. The Balaban J connectivity index is 2.05. The minimum Gasteiger partial charge on any atom is -0.451 e. The smallest absolute Gasteiger partial charge is 0.291 e. The van der Waals surface area contributed by atoms with Crippen molar-refractivity contribution in [2.75, 3.05) is 5.32 Å². The van der Waals surface area contributed by atoms with Crippen LogP contribution < -0.4 is 10.7 Å². The second-order valence-corrected chi connectivity index (χ2v) is 5.13. The van der Waals surface area contributed by atoms with Gasteiger partial charge in [0.2, 0.25) is 0 Å². The number of benzene rings is 1. The fourth-order valence-corrected chi connectivity index (χ4v) is 2.41. The molecular formula is C17H14N2O3. The van der Waals surface area contributed by atoms with Crippen LogP contribution >= 0.6 is 0 Å². The third-order valence-corrected chi connectivity index (χ3v) is 3.32. The van der Waals surface area contributed by atoms with Gasteiger partial charge in [0.05, 0.1) is 17.3 Å². The summed E-state index contributed by atoms with van der Waals surface area (Å²) in [6.45, 7) is 3.76. The summed E-state index contributed by atoms with van der Waals surface area (Å²) in [5.74, 6) is -0.502. The Morgan fingerprint density at radius 3 is 2.77 bits per heavy atom. The summed E-state index contributed by atoms with van der Waals surface area (Å²) in [4.78, 5) is 28.4. The van der Waals surface area contributed by atoms with Gasteiger partial charge in [-0.2, -0.15) is 0 Å². The molecular weight excluding hydrogens is 280 g/mol. The van der Waals surface area contributed by atoms with E-state index >= 15 is 0 Å². The van der Waals surface area contributed by atoms with Gasteiger partial charge in [-0.05, 0) is 43.2 Å². The number of amides is 1. The highest BCUT2D eigenvalue weighted by molar-refractivity contribution is 6.03. The van der Waals surface area contributed by atoms with E-state index in [9.17, 15) is 9.59 Å². The molecule has 0 aliphatic heterocycles. The van der Waals surface area contributed by atoms with E-state index in [0.29, 0.717) is 16.7 Å². The number of aryl methyl sites for hydroxylation is 2. The van der Waals surface area contributed by atoms with Crippen LogP contribution in [-0.4, -0.2) is 10.9 Å². The van der Waals surface area contributed by atoms with Crippen LogP contribution in [0.4, 0.5) is 5.69 Å². The Kier molecular flexibility index (Phi) is 3.47. The van der Waals surface area contributed by atoms with Gasteiger partial charge in [0.15, 0.2) is 11.2 Å². The zero-order chi connectivity index (χ0) is 15.7. The van der Waals surface area contributed by atoms with Crippen LogP contribution in [0.5, 0.6) is 0 Å². The van der Waals surface area contributed by atoms with E-state index in [0.717, 1.165) is 11.1 Å². The van der Waals surface area contributed by atoms with Crippen LogP contribution in [0.25, 0.3) is 11.0 Å². The molecule has 0 aliphatic rings. The van der Waals surface area contributed by atoms with Crippen molar-refractivity contribution in [3.63, 3.8) is 0 Å².